The number of hydrogen-bond donors (Lipinski definition) is 1. The van der Waals surface area contributed by atoms with Crippen LogP contribution in [0.4, 0.5) is 10.1 Å². The van der Waals surface area contributed by atoms with Gasteiger partial charge < -0.3 is 10.1 Å². The summed E-state index contributed by atoms with van der Waals surface area (Å²) in [5.41, 5.74) is 1.02. The molecule has 1 aliphatic rings. The third-order valence-electron chi connectivity index (χ3n) is 4.48. The standard InChI is InChI=1S/C19H20ClFN2O4S/c1-2-13-3-4-14(19(24)22-15-5-6-16(20)17(21)12-15)11-18(13)28(25,26)23-7-9-27-10-8-23/h3-6,11-12H,2,7-10H2,1H3,(H,22,24). The largest absolute Gasteiger partial charge is 0.379 e. The van der Waals surface area contributed by atoms with Crippen molar-refractivity contribution in [1.29, 1.82) is 0 Å². The summed E-state index contributed by atoms with van der Waals surface area (Å²) >= 11 is 5.64. The Morgan fingerprint density at radius 2 is 1.93 bits per heavy atom. The van der Waals surface area contributed by atoms with Crippen LogP contribution in [0.1, 0.15) is 22.8 Å². The number of nitrogens with one attached hydrogen (secondary N) is 1. The van der Waals surface area contributed by atoms with E-state index in [0.717, 1.165) is 6.07 Å². The fourth-order valence-corrected chi connectivity index (χ4v) is 4.78. The van der Waals surface area contributed by atoms with Crippen LogP contribution < -0.4 is 5.32 Å². The second-order valence-corrected chi connectivity index (χ2v) is 8.59. The number of amides is 1. The number of sulfonamides is 1. The summed E-state index contributed by atoms with van der Waals surface area (Å²) in [4.78, 5) is 12.7. The number of rotatable bonds is 5. The first kappa shape index (κ1) is 20.7. The van der Waals surface area contributed by atoms with Crippen molar-refractivity contribution in [1.82, 2.24) is 4.31 Å². The van der Waals surface area contributed by atoms with Gasteiger partial charge in [-0.15, -0.1) is 0 Å². The Bertz CT molecular complexity index is 991. The van der Waals surface area contributed by atoms with Crippen molar-refractivity contribution in [3.05, 3.63) is 58.4 Å². The molecule has 0 unspecified atom stereocenters. The summed E-state index contributed by atoms with van der Waals surface area (Å²) in [6.45, 7) is 3.06. The van der Waals surface area contributed by atoms with Crippen molar-refractivity contribution in [3.8, 4) is 0 Å². The molecule has 0 aromatic heterocycles. The van der Waals surface area contributed by atoms with Crippen molar-refractivity contribution in [2.75, 3.05) is 31.6 Å². The predicted octanol–water partition coefficient (Wildman–Crippen LogP) is 3.31. The van der Waals surface area contributed by atoms with Crippen LogP contribution >= 0.6 is 11.6 Å². The molecule has 1 heterocycles. The highest BCUT2D eigenvalue weighted by Crippen LogP contribution is 2.24. The van der Waals surface area contributed by atoms with Crippen molar-refractivity contribution in [2.24, 2.45) is 0 Å². The van der Waals surface area contributed by atoms with Gasteiger partial charge in [-0.2, -0.15) is 4.31 Å². The van der Waals surface area contributed by atoms with Crippen LogP contribution in [0.15, 0.2) is 41.3 Å². The minimum atomic E-state index is -3.75. The van der Waals surface area contributed by atoms with E-state index < -0.39 is 21.7 Å². The molecular weight excluding hydrogens is 407 g/mol. The second kappa shape index (κ2) is 8.57. The topological polar surface area (TPSA) is 75.7 Å². The molecule has 0 radical (unpaired) electrons. The number of morpholine rings is 1. The molecule has 6 nitrogen and oxygen atoms in total. The number of nitrogens with zero attached hydrogens (tertiary/aromatic N) is 1. The van der Waals surface area contributed by atoms with Gasteiger partial charge in [0.05, 0.1) is 23.1 Å². The van der Waals surface area contributed by atoms with Crippen molar-refractivity contribution in [2.45, 2.75) is 18.2 Å². The van der Waals surface area contributed by atoms with Crippen LogP contribution in [0.5, 0.6) is 0 Å². The molecule has 28 heavy (non-hydrogen) atoms. The van der Waals surface area contributed by atoms with Gasteiger partial charge >= 0.3 is 0 Å². The number of carbonyl (C=O) groups excluding carboxylic acids is 1. The van der Waals surface area contributed by atoms with Crippen LogP contribution in [0, 0.1) is 5.82 Å². The van der Waals surface area contributed by atoms with Gasteiger partial charge in [-0.3, -0.25) is 4.79 Å². The van der Waals surface area contributed by atoms with E-state index >= 15 is 0 Å². The minimum absolute atomic E-state index is 0.0517. The number of ether oxygens (including phenoxy) is 1. The Balaban J connectivity index is 1.91. The SMILES string of the molecule is CCc1ccc(C(=O)Nc2ccc(Cl)c(F)c2)cc1S(=O)(=O)N1CCOCC1. The lowest BCUT2D eigenvalue weighted by molar-refractivity contribution is 0.0730. The molecule has 1 fully saturated rings. The summed E-state index contributed by atoms with van der Waals surface area (Å²) in [7, 11) is -3.75. The predicted molar refractivity (Wildman–Crippen MR) is 105 cm³/mol. The van der Waals surface area contributed by atoms with Gasteiger partial charge in [0.1, 0.15) is 5.82 Å². The highest BCUT2D eigenvalue weighted by molar-refractivity contribution is 7.89. The van der Waals surface area contributed by atoms with Crippen LogP contribution in [0.3, 0.4) is 0 Å². The van der Waals surface area contributed by atoms with E-state index in [1.807, 2.05) is 6.92 Å². The smallest absolute Gasteiger partial charge is 0.255 e. The van der Waals surface area contributed by atoms with Gasteiger partial charge in [0.25, 0.3) is 5.91 Å². The average molecular weight is 427 g/mol. The van der Waals surface area contributed by atoms with Crippen molar-refractivity contribution < 1.29 is 22.3 Å². The molecule has 2 aromatic carbocycles. The lowest BCUT2D eigenvalue weighted by Crippen LogP contribution is -2.41. The maximum atomic E-state index is 13.6. The lowest BCUT2D eigenvalue weighted by Gasteiger charge is -2.27. The van der Waals surface area contributed by atoms with Gasteiger partial charge in [0.15, 0.2) is 0 Å². The maximum Gasteiger partial charge on any atom is 0.255 e. The maximum absolute atomic E-state index is 13.6. The molecule has 0 aliphatic carbocycles. The number of aryl methyl sites for hydroxylation is 1. The van der Waals surface area contributed by atoms with Crippen molar-refractivity contribution in [3.63, 3.8) is 0 Å². The van der Waals surface area contributed by atoms with E-state index in [-0.39, 0.29) is 34.3 Å². The number of hydrogen-bond acceptors (Lipinski definition) is 4. The third-order valence-corrected chi connectivity index (χ3v) is 6.76. The molecular formula is C19H20ClFN2O4S. The molecule has 150 valence electrons. The Kier molecular flexibility index (Phi) is 6.34. The molecule has 1 amide bonds. The fraction of sp³-hybridized carbons (Fsp3) is 0.316. The summed E-state index contributed by atoms with van der Waals surface area (Å²) in [5.74, 6) is -1.20. The van der Waals surface area contributed by atoms with E-state index in [9.17, 15) is 17.6 Å². The Hall–Kier alpha value is -2.00. The van der Waals surface area contributed by atoms with Crippen molar-refractivity contribution >= 4 is 33.2 Å². The molecule has 9 heteroatoms. The Morgan fingerprint density at radius 1 is 1.21 bits per heavy atom. The van der Waals surface area contributed by atoms with E-state index in [1.165, 1.54) is 22.5 Å². The highest BCUT2D eigenvalue weighted by Gasteiger charge is 2.29. The molecule has 0 atom stereocenters. The first-order valence-corrected chi connectivity index (χ1v) is 10.6. The van der Waals surface area contributed by atoms with Gasteiger partial charge in [-0.05, 0) is 42.3 Å². The van der Waals surface area contributed by atoms with Gasteiger partial charge in [0, 0.05) is 24.3 Å². The molecule has 2 aromatic rings. The summed E-state index contributed by atoms with van der Waals surface area (Å²) in [5, 5.41) is 2.50. The third kappa shape index (κ3) is 4.35. The Labute approximate surface area is 168 Å². The minimum Gasteiger partial charge on any atom is -0.379 e. The lowest BCUT2D eigenvalue weighted by atomic mass is 10.1. The number of anilines is 1. The van der Waals surface area contributed by atoms with E-state index in [1.54, 1.807) is 12.1 Å². The zero-order valence-electron chi connectivity index (χ0n) is 15.2. The summed E-state index contributed by atoms with van der Waals surface area (Å²) in [6.07, 6.45) is 0.503. The number of carbonyl (C=O) groups is 1. The van der Waals surface area contributed by atoms with E-state index in [4.69, 9.17) is 16.3 Å². The molecule has 0 spiro atoms. The first-order chi connectivity index (χ1) is 13.3. The van der Waals surface area contributed by atoms with Gasteiger partial charge in [-0.25, -0.2) is 12.8 Å². The average Bonchev–Trinajstić information content (AvgIpc) is 2.71. The quantitative estimate of drug-likeness (QED) is 0.795. The monoisotopic (exact) mass is 426 g/mol. The molecule has 1 aliphatic heterocycles. The van der Waals surface area contributed by atoms with Crippen LogP contribution in [0.2, 0.25) is 5.02 Å². The molecule has 3 rings (SSSR count). The van der Waals surface area contributed by atoms with Crippen LogP contribution in [0.25, 0.3) is 0 Å². The highest BCUT2D eigenvalue weighted by atomic mass is 35.5. The summed E-state index contributed by atoms with van der Waals surface area (Å²) in [6, 6.07) is 8.46. The normalized spacial score (nSPS) is 15.4. The fourth-order valence-electron chi connectivity index (χ4n) is 2.93. The number of benzene rings is 2. The van der Waals surface area contributed by atoms with Crippen LogP contribution in [-0.4, -0.2) is 44.9 Å². The van der Waals surface area contributed by atoms with Crippen LogP contribution in [-0.2, 0) is 21.2 Å². The number of halogens is 2. The van der Waals surface area contributed by atoms with E-state index in [2.05, 4.69) is 5.32 Å². The van der Waals surface area contributed by atoms with Gasteiger partial charge in [0.2, 0.25) is 10.0 Å². The second-order valence-electron chi connectivity index (χ2n) is 6.28. The Morgan fingerprint density at radius 3 is 2.57 bits per heavy atom. The molecule has 1 saturated heterocycles. The first-order valence-electron chi connectivity index (χ1n) is 8.80. The molecule has 0 saturated carbocycles. The summed E-state index contributed by atoms with van der Waals surface area (Å²) < 4.78 is 46.3. The van der Waals surface area contributed by atoms with E-state index in [0.29, 0.717) is 25.2 Å². The zero-order chi connectivity index (χ0) is 20.3. The van der Waals surface area contributed by atoms with Gasteiger partial charge in [-0.1, -0.05) is 24.6 Å². The molecule has 1 N–H and O–H groups in total. The zero-order valence-corrected chi connectivity index (χ0v) is 16.8. The molecule has 0 bridgehead atoms.